The molecule has 0 spiro atoms. The number of halogens is 2. The van der Waals surface area contributed by atoms with Crippen molar-refractivity contribution in [1.82, 2.24) is 14.8 Å². The summed E-state index contributed by atoms with van der Waals surface area (Å²) in [6.45, 7) is 5.85. The van der Waals surface area contributed by atoms with Crippen molar-refractivity contribution in [3.05, 3.63) is 92.7 Å². The highest BCUT2D eigenvalue weighted by Crippen LogP contribution is 2.28. The van der Waals surface area contributed by atoms with Gasteiger partial charge in [-0.3, -0.25) is 4.79 Å². The summed E-state index contributed by atoms with van der Waals surface area (Å²) >= 11 is 9.80. The van der Waals surface area contributed by atoms with Gasteiger partial charge in [0, 0.05) is 20.7 Å². The number of aryl methyl sites for hydroxylation is 2. The molecule has 0 radical (unpaired) electrons. The minimum atomic E-state index is -0.370. The molecule has 0 saturated heterocycles. The molecule has 0 aliphatic carbocycles. The van der Waals surface area contributed by atoms with Gasteiger partial charge < -0.3 is 5.32 Å². The van der Waals surface area contributed by atoms with E-state index in [9.17, 15) is 4.79 Å². The molecule has 0 unspecified atom stereocenters. The van der Waals surface area contributed by atoms with Crippen molar-refractivity contribution in [2.24, 2.45) is 0 Å². The number of amides is 1. The van der Waals surface area contributed by atoms with Crippen molar-refractivity contribution in [3.8, 4) is 17.1 Å². The van der Waals surface area contributed by atoms with Crippen LogP contribution in [-0.2, 0) is 0 Å². The van der Waals surface area contributed by atoms with Crippen molar-refractivity contribution >= 4 is 39.1 Å². The van der Waals surface area contributed by atoms with Gasteiger partial charge in [-0.25, -0.2) is 9.67 Å². The highest BCUT2D eigenvalue weighted by atomic mass is 79.9. The van der Waals surface area contributed by atoms with E-state index in [-0.39, 0.29) is 11.7 Å². The molecule has 1 aromatic heterocycles. The molecular weight excluding hydrogens is 476 g/mol. The molecule has 1 amide bonds. The van der Waals surface area contributed by atoms with E-state index in [0.717, 1.165) is 38.1 Å². The highest BCUT2D eigenvalue weighted by molar-refractivity contribution is 9.10. The molecule has 4 rings (SSSR count). The van der Waals surface area contributed by atoms with E-state index in [1.165, 1.54) is 0 Å². The minimum absolute atomic E-state index is 0.0817. The summed E-state index contributed by atoms with van der Waals surface area (Å²) in [6, 6.07) is 19.2. The Hall–Kier alpha value is -2.96. The summed E-state index contributed by atoms with van der Waals surface area (Å²) in [6.07, 6.45) is 0. The van der Waals surface area contributed by atoms with Crippen LogP contribution >= 0.6 is 27.5 Å². The van der Waals surface area contributed by atoms with Crippen LogP contribution in [0.25, 0.3) is 17.1 Å². The maximum atomic E-state index is 13.0. The number of nitrogens with zero attached hydrogens (tertiary/aromatic N) is 3. The zero-order chi connectivity index (χ0) is 22.1. The average Bonchev–Trinajstić information content (AvgIpc) is 3.18. The number of carbonyl (C=O) groups is 1. The number of hydrogen-bond donors (Lipinski definition) is 1. The van der Waals surface area contributed by atoms with Crippen LogP contribution in [-0.4, -0.2) is 20.7 Å². The van der Waals surface area contributed by atoms with Gasteiger partial charge in [-0.05, 0) is 67.8 Å². The van der Waals surface area contributed by atoms with Crippen LogP contribution in [0.5, 0.6) is 0 Å². The van der Waals surface area contributed by atoms with Gasteiger partial charge in [0.05, 0.1) is 5.69 Å². The molecule has 156 valence electrons. The van der Waals surface area contributed by atoms with Crippen molar-refractivity contribution in [2.75, 3.05) is 5.32 Å². The first-order valence-electron chi connectivity index (χ1n) is 9.70. The van der Waals surface area contributed by atoms with E-state index < -0.39 is 0 Å². The fraction of sp³-hybridized carbons (Fsp3) is 0.125. The fourth-order valence-electron chi connectivity index (χ4n) is 3.24. The van der Waals surface area contributed by atoms with Gasteiger partial charge in [0.25, 0.3) is 5.91 Å². The molecule has 0 atom stereocenters. The van der Waals surface area contributed by atoms with Crippen LogP contribution in [0.2, 0.25) is 5.02 Å². The third kappa shape index (κ3) is 4.40. The standard InChI is InChI=1S/C24H20BrClN4O/c1-14-7-8-15(2)20(13-14)27-24(31)22-28-23(17-9-11-18(25)12-10-17)30(29-22)21-6-4-5-19(26)16(21)3/h4-13H,1-3H3,(H,27,31). The largest absolute Gasteiger partial charge is 0.319 e. The van der Waals surface area contributed by atoms with Gasteiger partial charge in [0.15, 0.2) is 5.82 Å². The number of anilines is 1. The molecule has 3 aromatic carbocycles. The first kappa shape index (κ1) is 21.3. The Balaban J connectivity index is 1.81. The average molecular weight is 496 g/mol. The second-order valence-corrected chi connectivity index (χ2v) is 8.66. The Labute approximate surface area is 194 Å². The minimum Gasteiger partial charge on any atom is -0.319 e. The van der Waals surface area contributed by atoms with Gasteiger partial charge in [-0.1, -0.05) is 57.9 Å². The first-order chi connectivity index (χ1) is 14.8. The lowest BCUT2D eigenvalue weighted by Crippen LogP contribution is -2.15. The molecule has 1 heterocycles. The fourth-order valence-corrected chi connectivity index (χ4v) is 3.67. The second-order valence-electron chi connectivity index (χ2n) is 7.33. The van der Waals surface area contributed by atoms with Crippen LogP contribution in [0.3, 0.4) is 0 Å². The van der Waals surface area contributed by atoms with Crippen molar-refractivity contribution in [2.45, 2.75) is 20.8 Å². The van der Waals surface area contributed by atoms with Crippen LogP contribution in [0, 0.1) is 20.8 Å². The Morgan fingerprint density at radius 3 is 2.52 bits per heavy atom. The lowest BCUT2D eigenvalue weighted by Gasteiger charge is -2.10. The summed E-state index contributed by atoms with van der Waals surface area (Å²) in [5, 5.41) is 8.11. The third-order valence-corrected chi connectivity index (χ3v) is 5.96. The molecule has 0 aliphatic heterocycles. The van der Waals surface area contributed by atoms with Gasteiger partial charge in [-0.2, -0.15) is 0 Å². The monoisotopic (exact) mass is 494 g/mol. The third-order valence-electron chi connectivity index (χ3n) is 5.02. The van der Waals surface area contributed by atoms with Gasteiger partial charge in [-0.15, -0.1) is 5.10 Å². The summed E-state index contributed by atoms with van der Waals surface area (Å²) in [7, 11) is 0. The lowest BCUT2D eigenvalue weighted by atomic mass is 10.1. The van der Waals surface area contributed by atoms with Crippen LogP contribution in [0.15, 0.2) is 65.1 Å². The number of aromatic nitrogens is 3. The molecule has 0 aliphatic rings. The van der Waals surface area contributed by atoms with E-state index in [2.05, 4.69) is 31.3 Å². The number of hydrogen-bond acceptors (Lipinski definition) is 3. The summed E-state index contributed by atoms with van der Waals surface area (Å²) < 4.78 is 2.62. The van der Waals surface area contributed by atoms with E-state index in [0.29, 0.717) is 10.8 Å². The zero-order valence-corrected chi connectivity index (χ0v) is 19.6. The van der Waals surface area contributed by atoms with E-state index >= 15 is 0 Å². The highest BCUT2D eigenvalue weighted by Gasteiger charge is 2.21. The van der Waals surface area contributed by atoms with Gasteiger partial charge in [0.2, 0.25) is 5.82 Å². The number of benzene rings is 3. The molecule has 4 aromatic rings. The summed E-state index contributed by atoms with van der Waals surface area (Å²) in [4.78, 5) is 17.6. The number of carbonyl (C=O) groups excluding carboxylic acids is 1. The van der Waals surface area contributed by atoms with Crippen molar-refractivity contribution in [1.29, 1.82) is 0 Å². The molecule has 1 N–H and O–H groups in total. The first-order valence-corrected chi connectivity index (χ1v) is 10.9. The predicted molar refractivity (Wildman–Crippen MR) is 128 cm³/mol. The molecule has 7 heteroatoms. The molecule has 0 saturated carbocycles. The molecule has 5 nitrogen and oxygen atoms in total. The number of nitrogens with one attached hydrogen (secondary N) is 1. The quantitative estimate of drug-likeness (QED) is 0.350. The zero-order valence-electron chi connectivity index (χ0n) is 17.3. The molecule has 0 fully saturated rings. The normalized spacial score (nSPS) is 10.9. The predicted octanol–water partition coefficient (Wildman–Crippen LogP) is 6.53. The molecule has 31 heavy (non-hydrogen) atoms. The van der Waals surface area contributed by atoms with Crippen LogP contribution in [0.1, 0.15) is 27.3 Å². The topological polar surface area (TPSA) is 59.8 Å². The van der Waals surface area contributed by atoms with E-state index in [4.69, 9.17) is 11.6 Å². The molecular formula is C24H20BrClN4O. The Morgan fingerprint density at radius 2 is 1.77 bits per heavy atom. The van der Waals surface area contributed by atoms with Crippen LogP contribution in [0.4, 0.5) is 5.69 Å². The number of rotatable bonds is 4. The van der Waals surface area contributed by atoms with Crippen molar-refractivity contribution < 1.29 is 4.79 Å². The smallest absolute Gasteiger partial charge is 0.295 e. The summed E-state index contributed by atoms with van der Waals surface area (Å²) in [5.41, 5.74) is 5.23. The Bertz CT molecular complexity index is 1280. The Kier molecular flexibility index (Phi) is 5.94. The lowest BCUT2D eigenvalue weighted by molar-refractivity contribution is 0.101. The molecule has 0 bridgehead atoms. The van der Waals surface area contributed by atoms with Crippen molar-refractivity contribution in [3.63, 3.8) is 0 Å². The van der Waals surface area contributed by atoms with Gasteiger partial charge >= 0.3 is 0 Å². The second kappa shape index (κ2) is 8.65. The van der Waals surface area contributed by atoms with Crippen LogP contribution < -0.4 is 5.32 Å². The SMILES string of the molecule is Cc1ccc(C)c(NC(=O)c2nc(-c3ccc(Br)cc3)n(-c3cccc(Cl)c3C)n2)c1. The maximum Gasteiger partial charge on any atom is 0.295 e. The maximum absolute atomic E-state index is 13.0. The Morgan fingerprint density at radius 1 is 1.03 bits per heavy atom. The van der Waals surface area contributed by atoms with Gasteiger partial charge in [0.1, 0.15) is 0 Å². The summed E-state index contributed by atoms with van der Waals surface area (Å²) in [5.74, 6) is 0.271. The van der Waals surface area contributed by atoms with E-state index in [1.807, 2.05) is 81.4 Å². The van der Waals surface area contributed by atoms with E-state index in [1.54, 1.807) is 4.68 Å².